The fourth-order valence-corrected chi connectivity index (χ4v) is 1.95. The number of rotatable bonds is 1. The van der Waals surface area contributed by atoms with Crippen LogP contribution >= 0.6 is 0 Å². The molecule has 0 spiro atoms. The normalized spacial score (nSPS) is 32.1. The molecule has 0 bridgehead atoms. The second-order valence-electron chi connectivity index (χ2n) is 3.76. The van der Waals surface area contributed by atoms with Gasteiger partial charge in [0.25, 0.3) is 0 Å². The summed E-state index contributed by atoms with van der Waals surface area (Å²) < 4.78 is 0. The summed E-state index contributed by atoms with van der Waals surface area (Å²) in [5.74, 6) is 0.828. The molecule has 2 rings (SSSR count). The number of hydrogen-bond donors (Lipinski definition) is 2. The van der Waals surface area contributed by atoms with E-state index >= 15 is 0 Å². The molecule has 0 unspecified atom stereocenters. The first-order valence-corrected chi connectivity index (χ1v) is 4.31. The van der Waals surface area contributed by atoms with Gasteiger partial charge in [-0.05, 0) is 44.7 Å². The third kappa shape index (κ3) is 1.06. The number of hydrogen-bond acceptors (Lipinski definition) is 2. The number of nitrogens with one attached hydrogen (secondary N) is 1. The minimum Gasteiger partial charge on any atom is -0.325 e. The van der Waals surface area contributed by atoms with E-state index in [2.05, 4.69) is 5.32 Å². The van der Waals surface area contributed by atoms with E-state index in [9.17, 15) is 0 Å². The molecule has 2 aliphatic rings. The molecule has 1 saturated carbocycles. The average Bonchev–Trinajstić information content (AvgIpc) is 2.72. The van der Waals surface area contributed by atoms with Gasteiger partial charge in [0, 0.05) is 5.54 Å². The summed E-state index contributed by atoms with van der Waals surface area (Å²) in [4.78, 5) is 0. The molecule has 1 aliphatic carbocycles. The molecule has 3 N–H and O–H groups in total. The quantitative estimate of drug-likeness (QED) is 0.556. The molecule has 1 saturated heterocycles. The molecule has 0 aromatic heterocycles. The van der Waals surface area contributed by atoms with Gasteiger partial charge in [0.05, 0.1) is 0 Å². The zero-order chi connectivity index (χ0) is 7.03. The van der Waals surface area contributed by atoms with Gasteiger partial charge in [-0.1, -0.05) is 0 Å². The second-order valence-corrected chi connectivity index (χ2v) is 3.76. The van der Waals surface area contributed by atoms with E-state index in [1.54, 1.807) is 0 Å². The Hall–Kier alpha value is -0.0800. The zero-order valence-corrected chi connectivity index (χ0v) is 6.40. The van der Waals surface area contributed by atoms with Crippen molar-refractivity contribution < 1.29 is 0 Å². The van der Waals surface area contributed by atoms with Crippen molar-refractivity contribution in [3.05, 3.63) is 0 Å². The Bertz CT molecular complexity index is 123. The molecule has 0 aromatic rings. The molecule has 0 amide bonds. The average molecular weight is 140 g/mol. The van der Waals surface area contributed by atoms with Crippen LogP contribution in [0.3, 0.4) is 0 Å². The maximum Gasteiger partial charge on any atom is 0.0185 e. The molecule has 0 atom stereocenters. The highest BCUT2D eigenvalue weighted by atomic mass is 14.9. The Morgan fingerprint density at radius 1 is 1.20 bits per heavy atom. The van der Waals surface area contributed by atoms with Gasteiger partial charge in [-0.3, -0.25) is 0 Å². The monoisotopic (exact) mass is 140 g/mol. The van der Waals surface area contributed by atoms with Gasteiger partial charge in [-0.2, -0.15) is 0 Å². The molecule has 2 fully saturated rings. The maximum absolute atomic E-state index is 6.09. The van der Waals surface area contributed by atoms with Crippen LogP contribution in [0, 0.1) is 5.92 Å². The van der Waals surface area contributed by atoms with Crippen LogP contribution in [0.15, 0.2) is 0 Å². The Kier molecular flexibility index (Phi) is 1.46. The van der Waals surface area contributed by atoms with Crippen molar-refractivity contribution in [2.24, 2.45) is 11.7 Å². The van der Waals surface area contributed by atoms with Crippen LogP contribution in [0.1, 0.15) is 25.7 Å². The molecule has 0 aromatic carbocycles. The third-order valence-electron chi connectivity index (χ3n) is 2.98. The third-order valence-corrected chi connectivity index (χ3v) is 2.98. The SMILES string of the molecule is NC1(C2CCNCC2)CC1. The fourth-order valence-electron chi connectivity index (χ4n) is 1.95. The lowest BCUT2D eigenvalue weighted by Gasteiger charge is -2.27. The molecule has 1 aliphatic heterocycles. The van der Waals surface area contributed by atoms with Gasteiger partial charge in [0.2, 0.25) is 0 Å². The van der Waals surface area contributed by atoms with Crippen LogP contribution < -0.4 is 11.1 Å². The van der Waals surface area contributed by atoms with Crippen molar-refractivity contribution in [3.8, 4) is 0 Å². The summed E-state index contributed by atoms with van der Waals surface area (Å²) in [5, 5.41) is 3.36. The van der Waals surface area contributed by atoms with Crippen molar-refractivity contribution in [3.63, 3.8) is 0 Å². The highest BCUT2D eigenvalue weighted by Crippen LogP contribution is 2.43. The fraction of sp³-hybridized carbons (Fsp3) is 1.00. The van der Waals surface area contributed by atoms with E-state index in [-0.39, 0.29) is 5.54 Å². The minimum atomic E-state index is 0.280. The van der Waals surface area contributed by atoms with E-state index in [0.29, 0.717) is 0 Å². The van der Waals surface area contributed by atoms with Crippen molar-refractivity contribution >= 4 is 0 Å². The summed E-state index contributed by atoms with van der Waals surface area (Å²) in [6, 6.07) is 0. The summed E-state index contributed by atoms with van der Waals surface area (Å²) in [7, 11) is 0. The Balaban J connectivity index is 1.91. The van der Waals surface area contributed by atoms with Crippen LogP contribution in [0.4, 0.5) is 0 Å². The van der Waals surface area contributed by atoms with Crippen LogP contribution in [0.25, 0.3) is 0 Å². The molecule has 1 heterocycles. The lowest BCUT2D eigenvalue weighted by atomic mass is 9.89. The summed E-state index contributed by atoms with van der Waals surface area (Å²) in [6.45, 7) is 2.37. The van der Waals surface area contributed by atoms with Crippen molar-refractivity contribution in [2.45, 2.75) is 31.2 Å². The Morgan fingerprint density at radius 2 is 1.80 bits per heavy atom. The first kappa shape index (κ1) is 6.62. The maximum atomic E-state index is 6.09. The topological polar surface area (TPSA) is 38.0 Å². The van der Waals surface area contributed by atoms with Crippen molar-refractivity contribution in [2.75, 3.05) is 13.1 Å². The second kappa shape index (κ2) is 2.21. The van der Waals surface area contributed by atoms with Gasteiger partial charge in [0.15, 0.2) is 0 Å². The highest BCUT2D eigenvalue weighted by molar-refractivity contribution is 5.04. The van der Waals surface area contributed by atoms with Gasteiger partial charge < -0.3 is 11.1 Å². The Morgan fingerprint density at radius 3 is 2.30 bits per heavy atom. The van der Waals surface area contributed by atoms with Crippen LogP contribution in [0.2, 0.25) is 0 Å². The van der Waals surface area contributed by atoms with Crippen LogP contribution in [-0.4, -0.2) is 18.6 Å². The largest absolute Gasteiger partial charge is 0.325 e. The van der Waals surface area contributed by atoms with E-state index in [0.717, 1.165) is 5.92 Å². The molecular formula is C8H16N2. The lowest BCUT2D eigenvalue weighted by Crippen LogP contribution is -2.40. The van der Waals surface area contributed by atoms with Gasteiger partial charge >= 0.3 is 0 Å². The minimum absolute atomic E-state index is 0.280. The summed E-state index contributed by atoms with van der Waals surface area (Å²) in [5.41, 5.74) is 6.37. The lowest BCUT2D eigenvalue weighted by molar-refractivity contribution is 0.304. The van der Waals surface area contributed by atoms with Gasteiger partial charge in [-0.15, -0.1) is 0 Å². The van der Waals surface area contributed by atoms with Crippen LogP contribution in [0.5, 0.6) is 0 Å². The first-order valence-electron chi connectivity index (χ1n) is 4.31. The predicted octanol–water partition coefficient (Wildman–Crippen LogP) is 0.477. The molecule has 2 nitrogen and oxygen atoms in total. The Labute approximate surface area is 62.2 Å². The molecular weight excluding hydrogens is 124 g/mol. The molecule has 58 valence electrons. The molecule has 2 heteroatoms. The first-order chi connectivity index (χ1) is 4.81. The molecule has 10 heavy (non-hydrogen) atoms. The van der Waals surface area contributed by atoms with E-state index < -0.39 is 0 Å². The van der Waals surface area contributed by atoms with Crippen molar-refractivity contribution in [1.29, 1.82) is 0 Å². The van der Waals surface area contributed by atoms with E-state index in [1.807, 2.05) is 0 Å². The highest BCUT2D eigenvalue weighted by Gasteiger charge is 2.45. The van der Waals surface area contributed by atoms with E-state index in [1.165, 1.54) is 38.8 Å². The summed E-state index contributed by atoms with van der Waals surface area (Å²) >= 11 is 0. The number of piperidine rings is 1. The molecule has 0 radical (unpaired) electrons. The number of nitrogens with two attached hydrogens (primary N) is 1. The summed E-state index contributed by atoms with van der Waals surface area (Å²) in [6.07, 6.45) is 5.16. The zero-order valence-electron chi connectivity index (χ0n) is 6.40. The van der Waals surface area contributed by atoms with Crippen molar-refractivity contribution in [1.82, 2.24) is 5.32 Å². The standard InChI is InChI=1S/C8H16N2/c9-8(3-4-8)7-1-5-10-6-2-7/h7,10H,1-6,9H2. The predicted molar refractivity (Wildman–Crippen MR) is 41.7 cm³/mol. The smallest absolute Gasteiger partial charge is 0.0185 e. The van der Waals surface area contributed by atoms with E-state index in [4.69, 9.17) is 5.73 Å². The van der Waals surface area contributed by atoms with Crippen LogP contribution in [-0.2, 0) is 0 Å². The van der Waals surface area contributed by atoms with Gasteiger partial charge in [0.1, 0.15) is 0 Å². The van der Waals surface area contributed by atoms with Gasteiger partial charge in [-0.25, -0.2) is 0 Å².